The fourth-order valence-electron chi connectivity index (χ4n) is 1.06. The Hall–Kier alpha value is -0.923. The number of sulfonamides is 1. The molecule has 1 heterocycles. The van der Waals surface area contributed by atoms with Gasteiger partial charge in [-0.2, -0.15) is 0 Å². The molecule has 1 aromatic rings. The van der Waals surface area contributed by atoms with E-state index in [9.17, 15) is 8.42 Å². The van der Waals surface area contributed by atoms with Crippen LogP contribution in [0.5, 0.6) is 5.88 Å². The summed E-state index contributed by atoms with van der Waals surface area (Å²) >= 11 is 0. The Morgan fingerprint density at radius 3 is 2.59 bits per heavy atom. The summed E-state index contributed by atoms with van der Waals surface area (Å²) in [6.45, 7) is 6.18. The highest BCUT2D eigenvalue weighted by Crippen LogP contribution is 2.18. The topological polar surface area (TPSA) is 68.3 Å². The van der Waals surface area contributed by atoms with Crippen LogP contribution in [0.25, 0.3) is 0 Å². The van der Waals surface area contributed by atoms with Gasteiger partial charge in [0.25, 0.3) is 10.0 Å². The molecule has 0 radical (unpaired) electrons. The fraction of sp³-hybridized carbons (Fsp3) is 0.500. The van der Waals surface area contributed by atoms with Crippen molar-refractivity contribution in [2.45, 2.75) is 31.1 Å². The minimum atomic E-state index is -3.51. The van der Waals surface area contributed by atoms with Gasteiger partial charge in [-0.25, -0.2) is 18.1 Å². The highest BCUT2D eigenvalue weighted by Gasteiger charge is 2.23. The average molecular weight is 274 g/mol. The third kappa shape index (κ3) is 3.79. The molecule has 7 heteroatoms. The van der Waals surface area contributed by atoms with Gasteiger partial charge in [-0.3, -0.25) is 0 Å². The smallest absolute Gasteiger partial charge is 0.257 e. The van der Waals surface area contributed by atoms with Crippen molar-refractivity contribution in [2.75, 3.05) is 7.05 Å². The van der Waals surface area contributed by atoms with Crippen molar-refractivity contribution in [1.29, 1.82) is 0 Å². The SMILES string of the molecule is CC[Si](C)(C)Oc1cccc(S(=O)(=O)NC)n1. The lowest BCUT2D eigenvalue weighted by Gasteiger charge is -2.21. The number of nitrogens with one attached hydrogen (secondary N) is 1. The van der Waals surface area contributed by atoms with Gasteiger partial charge in [0.1, 0.15) is 0 Å². The summed E-state index contributed by atoms with van der Waals surface area (Å²) in [5, 5.41) is -0.0154. The van der Waals surface area contributed by atoms with Crippen molar-refractivity contribution in [3.05, 3.63) is 18.2 Å². The van der Waals surface area contributed by atoms with Crippen LogP contribution in [0.4, 0.5) is 0 Å². The quantitative estimate of drug-likeness (QED) is 0.828. The zero-order chi connectivity index (χ0) is 13.1. The lowest BCUT2D eigenvalue weighted by atomic mass is 10.5. The molecule has 1 rings (SSSR count). The summed E-state index contributed by atoms with van der Waals surface area (Å²) in [6.07, 6.45) is 0. The highest BCUT2D eigenvalue weighted by molar-refractivity contribution is 7.89. The Bertz CT molecular complexity index is 488. The van der Waals surface area contributed by atoms with Crippen LogP contribution in [0.1, 0.15) is 6.92 Å². The molecular formula is C10H18N2O3SSi. The van der Waals surface area contributed by atoms with Crippen LogP contribution in [-0.4, -0.2) is 28.8 Å². The maximum absolute atomic E-state index is 11.6. The number of hydrogen-bond acceptors (Lipinski definition) is 4. The largest absolute Gasteiger partial charge is 0.531 e. The summed E-state index contributed by atoms with van der Waals surface area (Å²) in [5.41, 5.74) is 0. The molecule has 1 aromatic heterocycles. The van der Waals surface area contributed by atoms with Crippen LogP contribution in [0.3, 0.4) is 0 Å². The predicted octanol–water partition coefficient (Wildman–Crippen LogP) is 1.59. The van der Waals surface area contributed by atoms with Crippen LogP contribution in [-0.2, 0) is 10.0 Å². The monoisotopic (exact) mass is 274 g/mol. The molecule has 0 unspecified atom stereocenters. The van der Waals surface area contributed by atoms with E-state index in [0.29, 0.717) is 5.88 Å². The van der Waals surface area contributed by atoms with Crippen LogP contribution in [0.2, 0.25) is 19.1 Å². The Balaban J connectivity index is 3.03. The van der Waals surface area contributed by atoms with Gasteiger partial charge in [0.05, 0.1) is 0 Å². The maximum Gasteiger partial charge on any atom is 0.257 e. The summed E-state index contributed by atoms with van der Waals surface area (Å²) in [4.78, 5) is 4.01. The fourth-order valence-corrected chi connectivity index (χ4v) is 2.56. The normalized spacial score (nSPS) is 12.5. The summed E-state index contributed by atoms with van der Waals surface area (Å²) < 4.78 is 31.1. The van der Waals surface area contributed by atoms with Crippen LogP contribution >= 0.6 is 0 Å². The number of aromatic nitrogens is 1. The third-order valence-electron chi connectivity index (χ3n) is 2.47. The van der Waals surface area contributed by atoms with Crippen molar-refractivity contribution >= 4 is 18.3 Å². The Labute approximate surface area is 103 Å². The highest BCUT2D eigenvalue weighted by atomic mass is 32.2. The molecular weight excluding hydrogens is 256 g/mol. The molecule has 0 aliphatic rings. The minimum absolute atomic E-state index is 0.0154. The van der Waals surface area contributed by atoms with Gasteiger partial charge in [-0.05, 0) is 38.3 Å². The first-order valence-electron chi connectivity index (χ1n) is 5.40. The van der Waals surface area contributed by atoms with E-state index in [2.05, 4.69) is 29.7 Å². The van der Waals surface area contributed by atoms with Gasteiger partial charge in [0.2, 0.25) is 14.2 Å². The summed E-state index contributed by atoms with van der Waals surface area (Å²) in [6, 6.07) is 5.70. The second-order valence-corrected chi connectivity index (χ2v) is 10.5. The Morgan fingerprint density at radius 1 is 1.41 bits per heavy atom. The van der Waals surface area contributed by atoms with E-state index in [1.54, 1.807) is 12.1 Å². The van der Waals surface area contributed by atoms with Crippen LogP contribution < -0.4 is 9.15 Å². The standard InChI is InChI=1S/C10H18N2O3SSi/c1-5-17(3,4)15-9-7-6-8-10(12-9)16(13,14)11-2/h6-8,11H,5H2,1-4H3. The molecule has 96 valence electrons. The molecule has 0 fully saturated rings. The molecule has 0 aliphatic carbocycles. The number of pyridine rings is 1. The third-order valence-corrected chi connectivity index (χ3v) is 6.25. The lowest BCUT2D eigenvalue weighted by molar-refractivity contribution is 0.516. The van der Waals surface area contributed by atoms with Gasteiger partial charge in [0.15, 0.2) is 5.03 Å². The first-order valence-corrected chi connectivity index (χ1v) is 10.0. The van der Waals surface area contributed by atoms with Crippen molar-refractivity contribution < 1.29 is 12.8 Å². The average Bonchev–Trinajstić information content (AvgIpc) is 2.29. The molecule has 0 atom stereocenters. The number of nitrogens with zero attached hydrogens (tertiary/aromatic N) is 1. The Morgan fingerprint density at radius 2 is 2.06 bits per heavy atom. The van der Waals surface area contributed by atoms with E-state index in [1.807, 2.05) is 0 Å². The zero-order valence-electron chi connectivity index (χ0n) is 10.5. The van der Waals surface area contributed by atoms with E-state index < -0.39 is 18.3 Å². The Kier molecular flexibility index (Phi) is 4.29. The van der Waals surface area contributed by atoms with Crippen molar-refractivity contribution in [3.8, 4) is 5.88 Å². The van der Waals surface area contributed by atoms with Crippen molar-refractivity contribution in [3.63, 3.8) is 0 Å². The zero-order valence-corrected chi connectivity index (χ0v) is 12.3. The molecule has 1 N–H and O–H groups in total. The molecule has 0 amide bonds. The van der Waals surface area contributed by atoms with Crippen molar-refractivity contribution in [1.82, 2.24) is 9.71 Å². The number of hydrogen-bond donors (Lipinski definition) is 1. The molecule has 0 spiro atoms. The molecule has 17 heavy (non-hydrogen) atoms. The summed E-state index contributed by atoms with van der Waals surface area (Å²) in [7, 11) is -3.94. The molecule has 0 aromatic carbocycles. The van der Waals surface area contributed by atoms with Gasteiger partial charge in [0, 0.05) is 0 Å². The van der Waals surface area contributed by atoms with Gasteiger partial charge >= 0.3 is 0 Å². The van der Waals surface area contributed by atoms with E-state index >= 15 is 0 Å². The predicted molar refractivity (Wildman–Crippen MR) is 69.1 cm³/mol. The first-order chi connectivity index (χ1) is 7.80. The van der Waals surface area contributed by atoms with Crippen molar-refractivity contribution in [2.24, 2.45) is 0 Å². The maximum atomic E-state index is 11.6. The molecule has 0 saturated carbocycles. The molecule has 0 saturated heterocycles. The lowest BCUT2D eigenvalue weighted by Crippen LogP contribution is -2.33. The number of rotatable bonds is 5. The second kappa shape index (κ2) is 5.15. The first kappa shape index (κ1) is 14.1. The van der Waals surface area contributed by atoms with E-state index in [0.717, 1.165) is 6.04 Å². The van der Waals surface area contributed by atoms with Gasteiger partial charge in [-0.1, -0.05) is 13.0 Å². The van der Waals surface area contributed by atoms with E-state index in [4.69, 9.17) is 4.43 Å². The van der Waals surface area contributed by atoms with E-state index in [-0.39, 0.29) is 5.03 Å². The van der Waals surface area contributed by atoms with Crippen LogP contribution in [0.15, 0.2) is 23.2 Å². The van der Waals surface area contributed by atoms with Gasteiger partial charge < -0.3 is 4.43 Å². The molecule has 5 nitrogen and oxygen atoms in total. The van der Waals surface area contributed by atoms with Gasteiger partial charge in [-0.15, -0.1) is 0 Å². The second-order valence-electron chi connectivity index (χ2n) is 4.24. The molecule has 0 aliphatic heterocycles. The summed E-state index contributed by atoms with van der Waals surface area (Å²) in [5.74, 6) is 0.375. The molecule has 0 bridgehead atoms. The van der Waals surface area contributed by atoms with E-state index in [1.165, 1.54) is 13.1 Å². The minimum Gasteiger partial charge on any atom is -0.531 e. The van der Waals surface area contributed by atoms with Crippen LogP contribution in [0, 0.1) is 0 Å².